The van der Waals surface area contributed by atoms with Crippen molar-refractivity contribution in [2.45, 2.75) is 6.92 Å². The van der Waals surface area contributed by atoms with Gasteiger partial charge in [-0.15, -0.1) is 10.2 Å². The number of hydrogen-bond acceptors (Lipinski definition) is 5. The van der Waals surface area contributed by atoms with E-state index >= 15 is 0 Å². The van der Waals surface area contributed by atoms with Gasteiger partial charge in [-0.3, -0.25) is 9.59 Å². The standard InChI is InChI=1S/C17H17F2N5O2/c1-11(25)23-6-8-24(9-7-23)17(26)15-4-5-16(22-21-15)20-12-2-3-13(18)14(19)10-12/h2-5,10H,6-9H2,1H3,(H,20,22). The maximum Gasteiger partial charge on any atom is 0.274 e. The molecule has 0 spiro atoms. The van der Waals surface area contributed by atoms with Crippen molar-refractivity contribution in [3.8, 4) is 0 Å². The summed E-state index contributed by atoms with van der Waals surface area (Å²) in [4.78, 5) is 27.1. The third-order valence-electron chi connectivity index (χ3n) is 4.09. The van der Waals surface area contributed by atoms with Crippen LogP contribution in [-0.4, -0.2) is 58.0 Å². The second kappa shape index (κ2) is 7.42. The summed E-state index contributed by atoms with van der Waals surface area (Å²) in [5, 5.41) is 10.6. The number of carbonyl (C=O) groups is 2. The molecular weight excluding hydrogens is 344 g/mol. The molecule has 2 heterocycles. The number of anilines is 2. The molecule has 2 amide bonds. The molecule has 2 aromatic rings. The highest BCUT2D eigenvalue weighted by Gasteiger charge is 2.24. The van der Waals surface area contributed by atoms with Crippen molar-refractivity contribution in [1.82, 2.24) is 20.0 Å². The van der Waals surface area contributed by atoms with Crippen LogP contribution in [0, 0.1) is 11.6 Å². The molecule has 1 fully saturated rings. The van der Waals surface area contributed by atoms with Gasteiger partial charge in [0.05, 0.1) is 0 Å². The van der Waals surface area contributed by atoms with E-state index in [0.29, 0.717) is 37.7 Å². The van der Waals surface area contributed by atoms with Gasteiger partial charge in [-0.2, -0.15) is 0 Å². The van der Waals surface area contributed by atoms with Gasteiger partial charge in [0.15, 0.2) is 23.1 Å². The Bertz CT molecular complexity index is 820. The van der Waals surface area contributed by atoms with E-state index in [9.17, 15) is 18.4 Å². The largest absolute Gasteiger partial charge is 0.339 e. The van der Waals surface area contributed by atoms with Crippen LogP contribution >= 0.6 is 0 Å². The third kappa shape index (κ3) is 3.93. The molecule has 1 aliphatic rings. The van der Waals surface area contributed by atoms with Gasteiger partial charge in [0.25, 0.3) is 5.91 Å². The molecule has 1 aliphatic heterocycles. The number of halogens is 2. The SMILES string of the molecule is CC(=O)N1CCN(C(=O)c2ccc(Nc3ccc(F)c(F)c3)nn2)CC1. The lowest BCUT2D eigenvalue weighted by atomic mass is 10.2. The first-order chi connectivity index (χ1) is 12.4. The number of rotatable bonds is 3. The Morgan fingerprint density at radius 3 is 2.23 bits per heavy atom. The van der Waals surface area contributed by atoms with Crippen molar-refractivity contribution in [3.05, 3.63) is 47.7 Å². The highest BCUT2D eigenvalue weighted by Crippen LogP contribution is 2.17. The molecule has 1 aromatic carbocycles. The number of hydrogen-bond donors (Lipinski definition) is 1. The van der Waals surface area contributed by atoms with Crippen molar-refractivity contribution in [3.63, 3.8) is 0 Å². The zero-order chi connectivity index (χ0) is 18.7. The zero-order valence-electron chi connectivity index (χ0n) is 14.1. The van der Waals surface area contributed by atoms with Gasteiger partial charge in [0, 0.05) is 44.9 Å². The molecule has 0 radical (unpaired) electrons. The first kappa shape index (κ1) is 17.7. The minimum Gasteiger partial charge on any atom is -0.339 e. The number of amides is 2. The fourth-order valence-corrected chi connectivity index (χ4v) is 2.62. The third-order valence-corrected chi connectivity index (χ3v) is 4.09. The van der Waals surface area contributed by atoms with Gasteiger partial charge in [-0.1, -0.05) is 0 Å². The molecule has 0 saturated carbocycles. The highest BCUT2D eigenvalue weighted by atomic mass is 19.2. The summed E-state index contributed by atoms with van der Waals surface area (Å²) in [7, 11) is 0. The van der Waals surface area contributed by atoms with Crippen LogP contribution in [0.3, 0.4) is 0 Å². The monoisotopic (exact) mass is 361 g/mol. The normalized spacial score (nSPS) is 14.3. The molecule has 3 rings (SSSR count). The smallest absolute Gasteiger partial charge is 0.274 e. The van der Waals surface area contributed by atoms with Crippen LogP contribution < -0.4 is 5.32 Å². The van der Waals surface area contributed by atoms with Gasteiger partial charge in [-0.05, 0) is 24.3 Å². The first-order valence-corrected chi connectivity index (χ1v) is 8.04. The van der Waals surface area contributed by atoms with E-state index in [1.807, 2.05) is 0 Å². The minimum absolute atomic E-state index is 0.00968. The number of aromatic nitrogens is 2. The average Bonchev–Trinajstić information content (AvgIpc) is 2.65. The van der Waals surface area contributed by atoms with Crippen molar-refractivity contribution >= 4 is 23.3 Å². The van der Waals surface area contributed by atoms with Gasteiger partial charge in [0.2, 0.25) is 5.91 Å². The molecule has 7 nitrogen and oxygen atoms in total. The first-order valence-electron chi connectivity index (χ1n) is 8.04. The Labute approximate surface area is 148 Å². The molecule has 1 saturated heterocycles. The summed E-state index contributed by atoms with van der Waals surface area (Å²) >= 11 is 0. The predicted molar refractivity (Wildman–Crippen MR) is 89.8 cm³/mol. The molecule has 1 N–H and O–H groups in total. The Morgan fingerprint density at radius 1 is 0.962 bits per heavy atom. The summed E-state index contributed by atoms with van der Waals surface area (Å²) < 4.78 is 26.1. The molecule has 26 heavy (non-hydrogen) atoms. The van der Waals surface area contributed by atoms with Crippen LogP contribution in [0.15, 0.2) is 30.3 Å². The lowest BCUT2D eigenvalue weighted by Gasteiger charge is -2.33. The number of carbonyl (C=O) groups excluding carboxylic acids is 2. The van der Waals surface area contributed by atoms with E-state index < -0.39 is 11.6 Å². The van der Waals surface area contributed by atoms with Crippen LogP contribution in [0.4, 0.5) is 20.3 Å². The van der Waals surface area contributed by atoms with E-state index in [4.69, 9.17) is 0 Å². The Balaban J connectivity index is 1.63. The van der Waals surface area contributed by atoms with Crippen molar-refractivity contribution < 1.29 is 18.4 Å². The minimum atomic E-state index is -0.973. The summed E-state index contributed by atoms with van der Waals surface area (Å²) in [5.41, 5.74) is 0.495. The van der Waals surface area contributed by atoms with E-state index in [0.717, 1.165) is 12.1 Å². The number of piperazine rings is 1. The van der Waals surface area contributed by atoms with Crippen molar-refractivity contribution in [1.29, 1.82) is 0 Å². The molecule has 136 valence electrons. The van der Waals surface area contributed by atoms with Crippen LogP contribution in [0.2, 0.25) is 0 Å². The summed E-state index contributed by atoms with van der Waals surface area (Å²) in [6.45, 7) is 3.36. The summed E-state index contributed by atoms with van der Waals surface area (Å²) in [5.74, 6) is -1.88. The lowest BCUT2D eigenvalue weighted by Crippen LogP contribution is -2.50. The van der Waals surface area contributed by atoms with Crippen LogP contribution in [0.1, 0.15) is 17.4 Å². The van der Waals surface area contributed by atoms with Crippen LogP contribution in [0.25, 0.3) is 0 Å². The topological polar surface area (TPSA) is 78.4 Å². The second-order valence-electron chi connectivity index (χ2n) is 5.86. The summed E-state index contributed by atoms with van der Waals surface area (Å²) in [6, 6.07) is 6.42. The average molecular weight is 361 g/mol. The number of benzene rings is 1. The second-order valence-corrected chi connectivity index (χ2v) is 5.86. The maximum atomic E-state index is 13.2. The molecule has 1 aromatic heterocycles. The van der Waals surface area contributed by atoms with E-state index in [1.165, 1.54) is 25.1 Å². The Morgan fingerprint density at radius 2 is 1.65 bits per heavy atom. The molecule has 0 unspecified atom stereocenters. The number of nitrogens with zero attached hydrogens (tertiary/aromatic N) is 4. The lowest BCUT2D eigenvalue weighted by molar-refractivity contribution is -0.130. The van der Waals surface area contributed by atoms with Gasteiger partial charge >= 0.3 is 0 Å². The number of nitrogens with one attached hydrogen (secondary N) is 1. The van der Waals surface area contributed by atoms with Crippen LogP contribution in [0.5, 0.6) is 0 Å². The zero-order valence-corrected chi connectivity index (χ0v) is 14.1. The highest BCUT2D eigenvalue weighted by molar-refractivity contribution is 5.92. The van der Waals surface area contributed by atoms with Gasteiger partial charge in [0.1, 0.15) is 0 Å². The molecular formula is C17H17F2N5O2. The van der Waals surface area contributed by atoms with E-state index in [-0.39, 0.29) is 17.5 Å². The fraction of sp³-hybridized carbons (Fsp3) is 0.294. The summed E-state index contributed by atoms with van der Waals surface area (Å²) in [6.07, 6.45) is 0. The van der Waals surface area contributed by atoms with E-state index in [1.54, 1.807) is 9.80 Å². The fourth-order valence-electron chi connectivity index (χ4n) is 2.62. The Kier molecular flexibility index (Phi) is 5.06. The Hall–Kier alpha value is -3.10. The molecule has 0 atom stereocenters. The van der Waals surface area contributed by atoms with E-state index in [2.05, 4.69) is 15.5 Å². The quantitative estimate of drug-likeness (QED) is 0.902. The van der Waals surface area contributed by atoms with Crippen molar-refractivity contribution in [2.24, 2.45) is 0 Å². The molecule has 9 heteroatoms. The predicted octanol–water partition coefficient (Wildman–Crippen LogP) is 1.80. The van der Waals surface area contributed by atoms with Gasteiger partial charge in [-0.25, -0.2) is 8.78 Å². The van der Waals surface area contributed by atoms with Crippen molar-refractivity contribution in [2.75, 3.05) is 31.5 Å². The van der Waals surface area contributed by atoms with Gasteiger partial charge < -0.3 is 15.1 Å². The molecule has 0 bridgehead atoms. The van der Waals surface area contributed by atoms with Crippen LogP contribution in [-0.2, 0) is 4.79 Å². The molecule has 0 aliphatic carbocycles. The maximum absolute atomic E-state index is 13.2.